The molecule has 1 unspecified atom stereocenters. The van der Waals surface area contributed by atoms with Crippen LogP contribution in [0.4, 0.5) is 0 Å². The fourth-order valence-corrected chi connectivity index (χ4v) is 7.78. The van der Waals surface area contributed by atoms with Crippen LogP contribution in [0.25, 0.3) is 0 Å². The average molecular weight is 960 g/mol. The highest BCUT2D eigenvalue weighted by molar-refractivity contribution is 5.71. The molecular weight excluding hydrogens is 853 g/mol. The number of carbonyl (C=O) groups is 3. The van der Waals surface area contributed by atoms with Gasteiger partial charge in [0.05, 0.1) is 0 Å². The Labute approximate surface area is 426 Å². The Hall–Kier alpha value is -3.67. The van der Waals surface area contributed by atoms with Crippen molar-refractivity contribution < 1.29 is 28.6 Å². The van der Waals surface area contributed by atoms with E-state index in [4.69, 9.17) is 14.2 Å². The Kier molecular flexibility index (Phi) is 53.9. The molecule has 0 spiro atoms. The molecule has 69 heavy (non-hydrogen) atoms. The first kappa shape index (κ1) is 65.3. The van der Waals surface area contributed by atoms with Gasteiger partial charge in [-0.1, -0.05) is 234 Å². The minimum Gasteiger partial charge on any atom is -0.462 e. The molecule has 0 rings (SSSR count). The van der Waals surface area contributed by atoms with Gasteiger partial charge in [0.2, 0.25) is 0 Å². The van der Waals surface area contributed by atoms with Crippen LogP contribution >= 0.6 is 0 Å². The first-order chi connectivity index (χ1) is 34.0. The van der Waals surface area contributed by atoms with Crippen LogP contribution < -0.4 is 0 Å². The maximum absolute atomic E-state index is 12.9. The van der Waals surface area contributed by atoms with Crippen LogP contribution in [0.1, 0.15) is 265 Å². The van der Waals surface area contributed by atoms with Crippen LogP contribution in [0.15, 0.2) is 97.2 Å². The highest BCUT2D eigenvalue weighted by Crippen LogP contribution is 2.14. The summed E-state index contributed by atoms with van der Waals surface area (Å²) in [5.41, 5.74) is 0. The number of hydrogen-bond donors (Lipinski definition) is 0. The van der Waals surface area contributed by atoms with Crippen molar-refractivity contribution in [2.75, 3.05) is 13.2 Å². The number of rotatable bonds is 51. The van der Waals surface area contributed by atoms with E-state index < -0.39 is 6.10 Å². The summed E-state index contributed by atoms with van der Waals surface area (Å²) in [5.74, 6) is -0.951. The molecule has 0 saturated heterocycles. The van der Waals surface area contributed by atoms with Gasteiger partial charge < -0.3 is 14.2 Å². The topological polar surface area (TPSA) is 78.9 Å². The Morgan fingerprint density at radius 1 is 0.319 bits per heavy atom. The van der Waals surface area contributed by atoms with Crippen LogP contribution in [0.5, 0.6) is 0 Å². The summed E-state index contributed by atoms with van der Waals surface area (Å²) >= 11 is 0. The van der Waals surface area contributed by atoms with E-state index in [9.17, 15) is 14.4 Å². The third-order valence-electron chi connectivity index (χ3n) is 12.1. The van der Waals surface area contributed by atoms with Gasteiger partial charge in [0, 0.05) is 19.3 Å². The summed E-state index contributed by atoms with van der Waals surface area (Å²) in [6, 6.07) is 0. The molecule has 0 aromatic heterocycles. The van der Waals surface area contributed by atoms with Gasteiger partial charge in [0.25, 0.3) is 0 Å². The summed E-state index contributed by atoms with van der Waals surface area (Å²) in [4.78, 5) is 38.2. The van der Waals surface area contributed by atoms with E-state index in [1.807, 2.05) is 0 Å². The summed E-state index contributed by atoms with van der Waals surface area (Å²) in [6.45, 7) is 6.47. The van der Waals surface area contributed by atoms with E-state index in [0.29, 0.717) is 19.3 Å². The second-order valence-corrected chi connectivity index (χ2v) is 18.9. The average Bonchev–Trinajstić information content (AvgIpc) is 3.35. The second kappa shape index (κ2) is 56.9. The second-order valence-electron chi connectivity index (χ2n) is 18.9. The summed E-state index contributed by atoms with van der Waals surface area (Å²) in [5, 5.41) is 0. The maximum Gasteiger partial charge on any atom is 0.306 e. The number of allylic oxidation sites excluding steroid dienone is 16. The van der Waals surface area contributed by atoms with Gasteiger partial charge >= 0.3 is 17.9 Å². The molecule has 0 heterocycles. The molecule has 0 bridgehead atoms. The van der Waals surface area contributed by atoms with E-state index >= 15 is 0 Å². The molecule has 0 amide bonds. The minimum atomic E-state index is -0.803. The summed E-state index contributed by atoms with van der Waals surface area (Å²) in [7, 11) is 0. The molecule has 0 radical (unpaired) electrons. The van der Waals surface area contributed by atoms with E-state index in [1.165, 1.54) is 109 Å². The normalized spacial score (nSPS) is 12.8. The van der Waals surface area contributed by atoms with Crippen molar-refractivity contribution >= 4 is 17.9 Å². The maximum atomic E-state index is 12.9. The standard InChI is InChI=1S/C63H106O6/c1-4-7-10-13-16-19-22-25-28-31-33-35-38-41-44-47-50-53-56-62(65)68-59-60(58-67-61(64)55-52-49-46-43-40-37-34-30-27-24-21-18-15-12-9-6-3)69-63(66)57-54-51-48-45-42-39-36-32-29-26-23-20-17-14-11-8-5-2/h9,12,18,21-22,25-31,33,35,37,40,60H,4-8,10-11,13-17,19-20,23-24,32,34,36,38-39,41-59H2,1-3H3/b12-9-,21-18-,25-22-,29-26-,30-27-,31-28-,35-33-,40-37-. The monoisotopic (exact) mass is 959 g/mol. The molecule has 0 N–H and O–H groups in total. The third-order valence-corrected chi connectivity index (χ3v) is 12.1. The van der Waals surface area contributed by atoms with Crippen LogP contribution in [0.2, 0.25) is 0 Å². The predicted molar refractivity (Wildman–Crippen MR) is 297 cm³/mol. The Morgan fingerprint density at radius 2 is 0.623 bits per heavy atom. The molecule has 0 aliphatic rings. The zero-order valence-corrected chi connectivity index (χ0v) is 45.0. The Bertz CT molecular complexity index is 1380. The van der Waals surface area contributed by atoms with Gasteiger partial charge in [0.1, 0.15) is 13.2 Å². The van der Waals surface area contributed by atoms with E-state index in [1.54, 1.807) is 0 Å². The van der Waals surface area contributed by atoms with Crippen molar-refractivity contribution in [3.05, 3.63) is 97.2 Å². The molecular formula is C63H106O6. The Morgan fingerprint density at radius 3 is 1.03 bits per heavy atom. The first-order valence-electron chi connectivity index (χ1n) is 28.8. The molecule has 0 fully saturated rings. The fraction of sp³-hybridized carbons (Fsp3) is 0.698. The largest absolute Gasteiger partial charge is 0.462 e. The molecule has 1 atom stereocenters. The number of carbonyl (C=O) groups excluding carboxylic acids is 3. The molecule has 394 valence electrons. The first-order valence-corrected chi connectivity index (χ1v) is 28.8. The van der Waals surface area contributed by atoms with Crippen molar-refractivity contribution in [1.82, 2.24) is 0 Å². The van der Waals surface area contributed by atoms with Crippen LogP contribution in [-0.2, 0) is 28.6 Å². The molecule has 0 aromatic carbocycles. The van der Waals surface area contributed by atoms with Crippen molar-refractivity contribution in [1.29, 1.82) is 0 Å². The molecule has 0 saturated carbocycles. The molecule has 6 heteroatoms. The van der Waals surface area contributed by atoms with Crippen molar-refractivity contribution in [3.8, 4) is 0 Å². The van der Waals surface area contributed by atoms with Gasteiger partial charge in [0.15, 0.2) is 6.10 Å². The minimum absolute atomic E-state index is 0.101. The summed E-state index contributed by atoms with van der Waals surface area (Å²) in [6.07, 6.45) is 75.3. The highest BCUT2D eigenvalue weighted by atomic mass is 16.6. The SMILES string of the molecule is CC/C=C\C/C=C\C/C=C\C/C=C\CCCCCC(=O)OCC(COC(=O)CCCCCCC\C=C/C=C\C=C/CCCCCCC)OC(=O)CCCCCCCCC/C=C\CCCCCCCC. The lowest BCUT2D eigenvalue weighted by Crippen LogP contribution is -2.30. The number of unbranched alkanes of at least 4 members (excludes halogenated alkanes) is 26. The van der Waals surface area contributed by atoms with E-state index in [2.05, 4.69) is 118 Å². The molecule has 0 aliphatic carbocycles. The van der Waals surface area contributed by atoms with Crippen LogP contribution in [0, 0.1) is 0 Å². The van der Waals surface area contributed by atoms with Gasteiger partial charge in [-0.05, 0) is 109 Å². The molecule has 6 nitrogen and oxygen atoms in total. The van der Waals surface area contributed by atoms with Gasteiger partial charge in [-0.25, -0.2) is 0 Å². The van der Waals surface area contributed by atoms with E-state index in [0.717, 1.165) is 116 Å². The number of hydrogen-bond acceptors (Lipinski definition) is 6. The van der Waals surface area contributed by atoms with E-state index in [-0.39, 0.29) is 31.1 Å². The molecule has 0 aromatic rings. The zero-order chi connectivity index (χ0) is 50.0. The smallest absolute Gasteiger partial charge is 0.306 e. The van der Waals surface area contributed by atoms with Gasteiger partial charge in [-0.2, -0.15) is 0 Å². The summed E-state index contributed by atoms with van der Waals surface area (Å²) < 4.78 is 16.8. The van der Waals surface area contributed by atoms with Crippen molar-refractivity contribution in [2.45, 2.75) is 271 Å². The predicted octanol–water partition coefficient (Wildman–Crippen LogP) is 19.3. The van der Waals surface area contributed by atoms with Crippen molar-refractivity contribution in [2.24, 2.45) is 0 Å². The van der Waals surface area contributed by atoms with Gasteiger partial charge in [-0.15, -0.1) is 0 Å². The van der Waals surface area contributed by atoms with Crippen LogP contribution in [-0.4, -0.2) is 37.2 Å². The quantitative estimate of drug-likeness (QED) is 0.0199. The van der Waals surface area contributed by atoms with Crippen LogP contribution in [0.3, 0.4) is 0 Å². The number of esters is 3. The Balaban J connectivity index is 4.49. The lowest BCUT2D eigenvalue weighted by atomic mass is 10.1. The third kappa shape index (κ3) is 55.1. The fourth-order valence-electron chi connectivity index (χ4n) is 7.78. The number of ether oxygens (including phenoxy) is 3. The molecule has 0 aliphatic heterocycles. The van der Waals surface area contributed by atoms with Gasteiger partial charge in [-0.3, -0.25) is 14.4 Å². The van der Waals surface area contributed by atoms with Crippen molar-refractivity contribution in [3.63, 3.8) is 0 Å². The lowest BCUT2D eigenvalue weighted by Gasteiger charge is -2.18. The zero-order valence-electron chi connectivity index (χ0n) is 45.0. The highest BCUT2D eigenvalue weighted by Gasteiger charge is 2.19. The lowest BCUT2D eigenvalue weighted by molar-refractivity contribution is -0.167.